The van der Waals surface area contributed by atoms with Crippen LogP contribution in [0.1, 0.15) is 41.5 Å². The third-order valence-electron chi connectivity index (χ3n) is 5.27. The molecule has 1 heterocycles. The summed E-state index contributed by atoms with van der Waals surface area (Å²) in [6.45, 7) is 0.575. The Morgan fingerprint density at radius 1 is 1.08 bits per heavy atom. The number of hydrogen-bond acceptors (Lipinski definition) is 4. The number of benzene rings is 1. The number of anilines is 1. The molecule has 0 aromatic heterocycles. The van der Waals surface area contributed by atoms with Crippen LogP contribution in [0.3, 0.4) is 0 Å². The molecule has 7 heteroatoms. The molecular weight excluding hydrogens is 328 g/mol. The predicted molar refractivity (Wildman–Crippen MR) is 90.8 cm³/mol. The second-order valence-corrected chi connectivity index (χ2v) is 8.78. The van der Waals surface area contributed by atoms with Gasteiger partial charge in [0.25, 0.3) is 0 Å². The number of carbonyl (C=O) groups excluding carboxylic acids is 1. The summed E-state index contributed by atoms with van der Waals surface area (Å²) in [6.07, 6.45) is 6.58. The molecule has 1 aromatic rings. The number of hydrogen-bond donors (Lipinski definition) is 2. The van der Waals surface area contributed by atoms with Crippen LogP contribution in [0.2, 0.25) is 0 Å². The maximum Gasteiger partial charge on any atom is 0.332 e. The van der Waals surface area contributed by atoms with Gasteiger partial charge in [-0.15, -0.1) is 0 Å². The van der Waals surface area contributed by atoms with Crippen molar-refractivity contribution in [1.29, 1.82) is 0 Å². The van der Waals surface area contributed by atoms with Crippen LogP contribution in [0, 0.1) is 0 Å². The summed E-state index contributed by atoms with van der Waals surface area (Å²) in [4.78, 5) is 12.3. The van der Waals surface area contributed by atoms with E-state index in [9.17, 15) is 13.2 Å². The van der Waals surface area contributed by atoms with Gasteiger partial charge >= 0.3 is 6.03 Å². The highest BCUT2D eigenvalue weighted by Gasteiger charge is 2.32. The monoisotopic (exact) mass is 350 g/mol. The average molecular weight is 350 g/mol. The molecule has 2 aliphatic carbocycles. The zero-order chi connectivity index (χ0) is 16.7. The van der Waals surface area contributed by atoms with Crippen LogP contribution < -0.4 is 10.0 Å². The number of fused-ring (bicyclic) bond motifs is 2. The van der Waals surface area contributed by atoms with E-state index < -0.39 is 21.3 Å². The quantitative estimate of drug-likeness (QED) is 0.872. The molecule has 4 rings (SSSR count). The van der Waals surface area contributed by atoms with E-state index in [0.717, 1.165) is 44.2 Å². The fourth-order valence-corrected chi connectivity index (χ4v) is 5.23. The van der Waals surface area contributed by atoms with E-state index in [1.54, 1.807) is 0 Å². The molecule has 0 bridgehead atoms. The van der Waals surface area contributed by atoms with Crippen LogP contribution in [-0.2, 0) is 40.4 Å². The number of sulfonamides is 1. The third-order valence-corrected chi connectivity index (χ3v) is 6.99. The molecule has 24 heavy (non-hydrogen) atoms. The summed E-state index contributed by atoms with van der Waals surface area (Å²) in [5.41, 5.74) is 5.84. The van der Waals surface area contributed by atoms with Crippen LogP contribution in [0.25, 0.3) is 0 Å². The van der Waals surface area contributed by atoms with E-state index in [0.29, 0.717) is 13.0 Å². The molecule has 1 saturated heterocycles. The zero-order valence-corrected chi connectivity index (χ0v) is 14.4. The van der Waals surface area contributed by atoms with Crippen molar-refractivity contribution in [2.24, 2.45) is 0 Å². The molecule has 3 aliphatic rings. The SMILES string of the molecule is O=C(Nc1c2c(cc3c1CCC3)CCC2)NS(=O)(=O)C1CCOC1. The molecule has 0 spiro atoms. The number of urea groups is 1. The molecule has 1 aromatic carbocycles. The average Bonchev–Trinajstić information content (AvgIpc) is 3.27. The molecule has 2 amide bonds. The van der Waals surface area contributed by atoms with Crippen LogP contribution in [-0.4, -0.2) is 32.9 Å². The number of rotatable bonds is 3. The van der Waals surface area contributed by atoms with Crippen molar-refractivity contribution in [2.75, 3.05) is 18.5 Å². The first-order chi connectivity index (χ1) is 11.5. The summed E-state index contributed by atoms with van der Waals surface area (Å²) in [6, 6.07) is 1.62. The van der Waals surface area contributed by atoms with Gasteiger partial charge in [-0.3, -0.25) is 0 Å². The minimum absolute atomic E-state index is 0.152. The number of carbonyl (C=O) groups is 1. The van der Waals surface area contributed by atoms with Gasteiger partial charge in [-0.25, -0.2) is 17.9 Å². The fourth-order valence-electron chi connectivity index (χ4n) is 4.08. The van der Waals surface area contributed by atoms with Crippen LogP contribution in [0.4, 0.5) is 10.5 Å². The summed E-state index contributed by atoms with van der Waals surface area (Å²) in [5, 5.41) is 2.21. The Morgan fingerprint density at radius 3 is 2.33 bits per heavy atom. The maximum atomic E-state index is 12.3. The van der Waals surface area contributed by atoms with Crippen molar-refractivity contribution >= 4 is 21.7 Å². The lowest BCUT2D eigenvalue weighted by molar-refractivity contribution is 0.198. The number of nitrogens with one attached hydrogen (secondary N) is 2. The topological polar surface area (TPSA) is 84.5 Å². The highest BCUT2D eigenvalue weighted by Crippen LogP contribution is 2.38. The van der Waals surface area contributed by atoms with Gasteiger partial charge in [-0.05, 0) is 67.2 Å². The van der Waals surface area contributed by atoms with E-state index >= 15 is 0 Å². The van der Waals surface area contributed by atoms with Gasteiger partial charge in [0.1, 0.15) is 5.25 Å². The van der Waals surface area contributed by atoms with Crippen LogP contribution in [0.15, 0.2) is 6.07 Å². The Hall–Kier alpha value is -1.60. The molecule has 1 fully saturated rings. The van der Waals surface area contributed by atoms with Crippen molar-refractivity contribution in [3.8, 4) is 0 Å². The van der Waals surface area contributed by atoms with Crippen LogP contribution in [0.5, 0.6) is 0 Å². The highest BCUT2D eigenvalue weighted by molar-refractivity contribution is 7.90. The standard InChI is InChI=1S/C17H22N2O4S/c20-17(19-24(21,22)13-7-8-23-10-13)18-16-14-5-1-3-11(14)9-12-4-2-6-15(12)16/h9,13H,1-8,10H2,(H2,18,19,20). The van der Waals surface area contributed by atoms with Crippen molar-refractivity contribution in [1.82, 2.24) is 4.72 Å². The summed E-state index contributed by atoms with van der Waals surface area (Å²) in [5.74, 6) is 0. The first-order valence-electron chi connectivity index (χ1n) is 8.61. The van der Waals surface area contributed by atoms with Crippen molar-refractivity contribution in [3.63, 3.8) is 0 Å². The summed E-state index contributed by atoms with van der Waals surface area (Å²) >= 11 is 0. The summed E-state index contributed by atoms with van der Waals surface area (Å²) < 4.78 is 31.8. The van der Waals surface area contributed by atoms with E-state index in [1.165, 1.54) is 22.3 Å². The minimum atomic E-state index is -3.69. The lowest BCUT2D eigenvalue weighted by atomic mass is 9.99. The molecule has 130 valence electrons. The van der Waals surface area contributed by atoms with Gasteiger partial charge in [-0.1, -0.05) is 6.07 Å². The Balaban J connectivity index is 1.56. The van der Waals surface area contributed by atoms with E-state index in [1.807, 2.05) is 0 Å². The third kappa shape index (κ3) is 2.80. The van der Waals surface area contributed by atoms with E-state index in [4.69, 9.17) is 4.74 Å². The van der Waals surface area contributed by atoms with Gasteiger partial charge in [0.15, 0.2) is 0 Å². The molecule has 0 saturated carbocycles. The number of aryl methyl sites for hydroxylation is 2. The second kappa shape index (κ2) is 6.04. The smallest absolute Gasteiger partial charge is 0.332 e. The number of ether oxygens (including phenoxy) is 1. The molecule has 2 N–H and O–H groups in total. The van der Waals surface area contributed by atoms with Gasteiger partial charge < -0.3 is 10.1 Å². The molecule has 6 nitrogen and oxygen atoms in total. The first kappa shape index (κ1) is 15.9. The van der Waals surface area contributed by atoms with Crippen molar-refractivity contribution < 1.29 is 17.9 Å². The molecule has 1 unspecified atom stereocenters. The minimum Gasteiger partial charge on any atom is -0.380 e. The highest BCUT2D eigenvalue weighted by atomic mass is 32.2. The Kier molecular flexibility index (Phi) is 4.00. The zero-order valence-electron chi connectivity index (χ0n) is 13.6. The van der Waals surface area contributed by atoms with Gasteiger partial charge in [-0.2, -0.15) is 0 Å². The summed E-state index contributed by atoms with van der Waals surface area (Å²) in [7, 11) is -3.69. The normalized spacial score (nSPS) is 22.2. The Labute approximate surface area is 142 Å². The molecule has 1 aliphatic heterocycles. The molecule has 0 radical (unpaired) electrons. The molecular formula is C17H22N2O4S. The van der Waals surface area contributed by atoms with Gasteiger partial charge in [0, 0.05) is 12.3 Å². The van der Waals surface area contributed by atoms with Gasteiger partial charge in [0.05, 0.1) is 6.61 Å². The Bertz CT molecular complexity index is 750. The predicted octanol–water partition coefficient (Wildman–Crippen LogP) is 1.90. The van der Waals surface area contributed by atoms with E-state index in [-0.39, 0.29) is 6.61 Å². The lowest BCUT2D eigenvalue weighted by Crippen LogP contribution is -2.41. The van der Waals surface area contributed by atoms with E-state index in [2.05, 4.69) is 16.1 Å². The van der Waals surface area contributed by atoms with Gasteiger partial charge in [0.2, 0.25) is 10.0 Å². The maximum absolute atomic E-state index is 12.3. The second-order valence-electron chi connectivity index (χ2n) is 6.82. The van der Waals surface area contributed by atoms with Crippen molar-refractivity contribution in [2.45, 2.75) is 50.2 Å². The largest absolute Gasteiger partial charge is 0.380 e. The lowest BCUT2D eigenvalue weighted by Gasteiger charge is -2.17. The first-order valence-corrected chi connectivity index (χ1v) is 10.2. The molecule has 1 atom stereocenters. The fraction of sp³-hybridized carbons (Fsp3) is 0.588. The van der Waals surface area contributed by atoms with Crippen molar-refractivity contribution in [3.05, 3.63) is 28.3 Å². The number of amides is 2. The van der Waals surface area contributed by atoms with Crippen LogP contribution >= 0.6 is 0 Å². The Morgan fingerprint density at radius 2 is 1.75 bits per heavy atom.